The van der Waals surface area contributed by atoms with Gasteiger partial charge in [0.2, 0.25) is 10.0 Å². The molecule has 2 aromatic rings. The molecule has 1 aromatic carbocycles. The van der Waals surface area contributed by atoms with Crippen molar-refractivity contribution in [1.29, 1.82) is 0 Å². The van der Waals surface area contributed by atoms with Crippen molar-refractivity contribution in [2.45, 2.75) is 18.7 Å². The molecule has 6 heteroatoms. The molecule has 1 aromatic heterocycles. The van der Waals surface area contributed by atoms with Gasteiger partial charge >= 0.3 is 0 Å². The first-order chi connectivity index (χ1) is 7.89. The average Bonchev–Trinajstić information content (AvgIpc) is 2.63. The quantitative estimate of drug-likeness (QED) is 0.869. The number of nitrogens with two attached hydrogens (primary N) is 1. The summed E-state index contributed by atoms with van der Waals surface area (Å²) in [5.41, 5.74) is 2.31. The predicted octanol–water partition coefficient (Wildman–Crippen LogP) is 1.14. The fourth-order valence-electron chi connectivity index (χ4n) is 1.70. The summed E-state index contributed by atoms with van der Waals surface area (Å²) in [5.74, 6) is 0. The lowest BCUT2D eigenvalue weighted by molar-refractivity contribution is 0.597. The summed E-state index contributed by atoms with van der Waals surface area (Å²) in [7, 11) is -3.70. The normalized spacial score (nSPS) is 11.7. The van der Waals surface area contributed by atoms with E-state index in [2.05, 4.69) is 5.10 Å². The maximum absolute atomic E-state index is 11.4. The van der Waals surface area contributed by atoms with Crippen LogP contribution in [0, 0.1) is 13.8 Å². The first-order valence-electron chi connectivity index (χ1n) is 5.03. The highest BCUT2D eigenvalue weighted by Crippen LogP contribution is 2.20. The molecule has 5 nitrogen and oxygen atoms in total. The van der Waals surface area contributed by atoms with Gasteiger partial charge in [0, 0.05) is 6.20 Å². The van der Waals surface area contributed by atoms with E-state index in [1.54, 1.807) is 29.9 Å². The summed E-state index contributed by atoms with van der Waals surface area (Å²) in [6, 6.07) is 4.94. The van der Waals surface area contributed by atoms with Crippen LogP contribution in [0.4, 0.5) is 0 Å². The maximum atomic E-state index is 11.4. The zero-order valence-electron chi connectivity index (χ0n) is 9.58. The molecule has 0 aliphatic heterocycles. The van der Waals surface area contributed by atoms with Crippen molar-refractivity contribution >= 4 is 10.0 Å². The molecule has 0 spiro atoms. The number of rotatable bonds is 2. The van der Waals surface area contributed by atoms with Crippen LogP contribution in [0.5, 0.6) is 0 Å². The van der Waals surface area contributed by atoms with Crippen LogP contribution in [0.25, 0.3) is 5.69 Å². The van der Waals surface area contributed by atoms with E-state index in [1.165, 1.54) is 6.07 Å². The number of hydrogen-bond acceptors (Lipinski definition) is 3. The van der Waals surface area contributed by atoms with Gasteiger partial charge in [-0.2, -0.15) is 5.10 Å². The van der Waals surface area contributed by atoms with Crippen LogP contribution in [-0.2, 0) is 10.0 Å². The summed E-state index contributed by atoms with van der Waals surface area (Å²) in [5, 5.41) is 9.30. The number of nitrogens with zero attached hydrogens (tertiary/aromatic N) is 2. The van der Waals surface area contributed by atoms with Crippen molar-refractivity contribution in [3.63, 3.8) is 0 Å². The summed E-state index contributed by atoms with van der Waals surface area (Å²) in [6.07, 6.45) is 3.54. The molecule has 2 rings (SSSR count). The lowest BCUT2D eigenvalue weighted by Gasteiger charge is -2.09. The average molecular weight is 251 g/mol. The SMILES string of the molecule is Cc1cnn(-c2cccc(S(N)(=O)=O)c2C)c1. The smallest absolute Gasteiger partial charge is 0.238 e. The molecule has 2 N–H and O–H groups in total. The third-order valence-corrected chi connectivity index (χ3v) is 3.58. The van der Waals surface area contributed by atoms with Crippen LogP contribution in [-0.4, -0.2) is 18.2 Å². The highest BCUT2D eigenvalue weighted by Gasteiger charge is 2.14. The van der Waals surface area contributed by atoms with Gasteiger partial charge in [0.15, 0.2) is 0 Å². The molecule has 0 saturated heterocycles. The highest BCUT2D eigenvalue weighted by molar-refractivity contribution is 7.89. The topological polar surface area (TPSA) is 78.0 Å². The van der Waals surface area contributed by atoms with Crippen molar-refractivity contribution in [1.82, 2.24) is 9.78 Å². The second kappa shape index (κ2) is 3.97. The second-order valence-corrected chi connectivity index (χ2v) is 5.44. The minimum atomic E-state index is -3.70. The van der Waals surface area contributed by atoms with E-state index in [-0.39, 0.29) is 4.90 Å². The Morgan fingerprint density at radius 1 is 1.29 bits per heavy atom. The summed E-state index contributed by atoms with van der Waals surface area (Å²) >= 11 is 0. The van der Waals surface area contributed by atoms with E-state index in [9.17, 15) is 8.42 Å². The van der Waals surface area contributed by atoms with Crippen molar-refractivity contribution in [3.05, 3.63) is 41.7 Å². The molecule has 90 valence electrons. The van der Waals surface area contributed by atoms with Crippen molar-refractivity contribution in [2.75, 3.05) is 0 Å². The van der Waals surface area contributed by atoms with Gasteiger partial charge in [-0.1, -0.05) is 6.07 Å². The number of hydrogen-bond donors (Lipinski definition) is 1. The molecule has 0 aliphatic rings. The maximum Gasteiger partial charge on any atom is 0.238 e. The molecular formula is C11H13N3O2S. The Kier molecular flexibility index (Phi) is 2.76. The van der Waals surface area contributed by atoms with Gasteiger partial charge < -0.3 is 0 Å². The van der Waals surface area contributed by atoms with Gasteiger partial charge in [0.1, 0.15) is 0 Å². The van der Waals surface area contributed by atoms with Crippen LogP contribution >= 0.6 is 0 Å². The molecule has 0 saturated carbocycles. The first kappa shape index (κ1) is 11.8. The Labute approximate surface area is 99.9 Å². The Morgan fingerprint density at radius 3 is 2.53 bits per heavy atom. The zero-order valence-corrected chi connectivity index (χ0v) is 10.4. The van der Waals surface area contributed by atoms with Crippen molar-refractivity contribution < 1.29 is 8.42 Å². The fraction of sp³-hybridized carbons (Fsp3) is 0.182. The molecule has 0 amide bonds. The standard InChI is InChI=1S/C11H13N3O2S/c1-8-6-13-14(7-8)10-4-3-5-11(9(10)2)17(12,15)16/h3-7H,1-2H3,(H2,12,15,16). The van der Waals surface area contributed by atoms with Gasteiger partial charge in [-0.25, -0.2) is 18.2 Å². The number of sulfonamides is 1. The van der Waals surface area contributed by atoms with Gasteiger partial charge in [0.25, 0.3) is 0 Å². The van der Waals surface area contributed by atoms with E-state index in [0.717, 1.165) is 5.56 Å². The van der Waals surface area contributed by atoms with Crippen LogP contribution in [0.2, 0.25) is 0 Å². The molecule has 0 atom stereocenters. The fourth-order valence-corrected chi connectivity index (χ4v) is 2.50. The molecule has 0 bridgehead atoms. The van der Waals surface area contributed by atoms with E-state index in [4.69, 9.17) is 5.14 Å². The summed E-state index contributed by atoms with van der Waals surface area (Å²) in [6.45, 7) is 3.63. The van der Waals surface area contributed by atoms with Gasteiger partial charge in [-0.3, -0.25) is 0 Å². The van der Waals surface area contributed by atoms with Gasteiger partial charge in [-0.15, -0.1) is 0 Å². The number of aryl methyl sites for hydroxylation is 1. The van der Waals surface area contributed by atoms with Crippen LogP contribution in [0.3, 0.4) is 0 Å². The Bertz CT molecular complexity index is 659. The van der Waals surface area contributed by atoms with E-state index < -0.39 is 10.0 Å². The van der Waals surface area contributed by atoms with Crippen molar-refractivity contribution in [2.24, 2.45) is 5.14 Å². The molecule has 0 radical (unpaired) electrons. The Morgan fingerprint density at radius 2 is 2.00 bits per heavy atom. The predicted molar refractivity (Wildman–Crippen MR) is 64.4 cm³/mol. The number of benzene rings is 1. The lowest BCUT2D eigenvalue weighted by atomic mass is 10.2. The molecule has 0 aliphatic carbocycles. The molecule has 1 heterocycles. The molecule has 0 fully saturated rings. The van der Waals surface area contributed by atoms with Crippen LogP contribution in [0.15, 0.2) is 35.5 Å². The number of primary sulfonamides is 1. The van der Waals surface area contributed by atoms with Gasteiger partial charge in [0.05, 0.1) is 16.8 Å². The third-order valence-electron chi connectivity index (χ3n) is 2.52. The zero-order chi connectivity index (χ0) is 12.6. The monoisotopic (exact) mass is 251 g/mol. The Hall–Kier alpha value is -1.66. The largest absolute Gasteiger partial charge is 0.240 e. The lowest BCUT2D eigenvalue weighted by Crippen LogP contribution is -2.14. The van der Waals surface area contributed by atoms with E-state index in [1.807, 2.05) is 13.1 Å². The molecule has 0 unspecified atom stereocenters. The molecular weight excluding hydrogens is 238 g/mol. The highest BCUT2D eigenvalue weighted by atomic mass is 32.2. The van der Waals surface area contributed by atoms with Crippen LogP contribution in [0.1, 0.15) is 11.1 Å². The summed E-state index contributed by atoms with van der Waals surface area (Å²) in [4.78, 5) is 0.128. The van der Waals surface area contributed by atoms with Crippen molar-refractivity contribution in [3.8, 4) is 5.69 Å². The van der Waals surface area contributed by atoms with Crippen LogP contribution < -0.4 is 5.14 Å². The number of aromatic nitrogens is 2. The first-order valence-corrected chi connectivity index (χ1v) is 6.58. The third kappa shape index (κ3) is 2.22. The molecule has 17 heavy (non-hydrogen) atoms. The Balaban J connectivity index is 2.65. The van der Waals surface area contributed by atoms with E-state index in [0.29, 0.717) is 11.3 Å². The minimum Gasteiger partial charge on any atom is -0.240 e. The van der Waals surface area contributed by atoms with E-state index >= 15 is 0 Å². The summed E-state index contributed by atoms with van der Waals surface area (Å²) < 4.78 is 24.4. The minimum absolute atomic E-state index is 0.128. The second-order valence-electron chi connectivity index (χ2n) is 3.91. The van der Waals surface area contributed by atoms with Gasteiger partial charge in [-0.05, 0) is 37.1 Å².